The summed E-state index contributed by atoms with van der Waals surface area (Å²) in [4.78, 5) is 24.8. The van der Waals surface area contributed by atoms with E-state index in [-0.39, 0.29) is 5.02 Å². The number of nitrogens with zero attached hydrogens (tertiary/aromatic N) is 1. The van der Waals surface area contributed by atoms with Crippen LogP contribution in [-0.2, 0) is 22.2 Å². The molecular weight excluding hydrogens is 381 g/mol. The van der Waals surface area contributed by atoms with Gasteiger partial charge in [-0.15, -0.1) is 0 Å². The van der Waals surface area contributed by atoms with Crippen LogP contribution in [0.1, 0.15) is 18.1 Å². The van der Waals surface area contributed by atoms with Crippen LogP contribution >= 0.6 is 11.6 Å². The first-order valence-corrected chi connectivity index (χ1v) is 8.51. The summed E-state index contributed by atoms with van der Waals surface area (Å²) >= 11 is 5.66. The quantitative estimate of drug-likeness (QED) is 0.797. The summed E-state index contributed by atoms with van der Waals surface area (Å²) in [5, 5.41) is 2.51. The Bertz CT molecular complexity index is 810. The maximum absolute atomic E-state index is 13.3. The third-order valence-corrected chi connectivity index (χ3v) is 4.05. The number of rotatable bonds is 6. The second-order valence-electron chi connectivity index (χ2n) is 5.85. The molecule has 0 spiro atoms. The van der Waals surface area contributed by atoms with E-state index in [9.17, 15) is 22.8 Å². The molecule has 1 N–H and O–H groups in total. The van der Waals surface area contributed by atoms with Gasteiger partial charge in [0.25, 0.3) is 0 Å². The number of halogens is 4. The summed E-state index contributed by atoms with van der Waals surface area (Å²) in [7, 11) is 0. The topological polar surface area (TPSA) is 49.4 Å². The minimum Gasteiger partial charge on any atom is -0.354 e. The van der Waals surface area contributed by atoms with Crippen molar-refractivity contribution in [2.75, 3.05) is 18.0 Å². The Morgan fingerprint density at radius 2 is 1.78 bits per heavy atom. The van der Waals surface area contributed by atoms with Crippen LogP contribution in [0.15, 0.2) is 48.5 Å². The first-order chi connectivity index (χ1) is 12.7. The summed E-state index contributed by atoms with van der Waals surface area (Å²) in [5.74, 6) is -1.23. The highest BCUT2D eigenvalue weighted by molar-refractivity contribution is 6.30. The molecule has 2 amide bonds. The van der Waals surface area contributed by atoms with E-state index in [0.29, 0.717) is 13.0 Å². The second kappa shape index (κ2) is 8.90. The number of anilines is 1. The monoisotopic (exact) mass is 398 g/mol. The number of carbonyl (C=O) groups excluding carboxylic acids is 2. The van der Waals surface area contributed by atoms with Crippen molar-refractivity contribution in [3.63, 3.8) is 0 Å². The molecule has 0 aromatic heterocycles. The van der Waals surface area contributed by atoms with E-state index in [2.05, 4.69) is 5.32 Å². The fourth-order valence-electron chi connectivity index (χ4n) is 2.53. The summed E-state index contributed by atoms with van der Waals surface area (Å²) in [6.45, 7) is 0.891. The molecule has 4 nitrogen and oxygen atoms in total. The van der Waals surface area contributed by atoms with Gasteiger partial charge in [0.15, 0.2) is 0 Å². The third kappa shape index (κ3) is 5.99. The van der Waals surface area contributed by atoms with Crippen molar-refractivity contribution >= 4 is 29.1 Å². The van der Waals surface area contributed by atoms with Gasteiger partial charge in [-0.3, -0.25) is 9.59 Å². The van der Waals surface area contributed by atoms with Gasteiger partial charge in [0, 0.05) is 18.5 Å². The van der Waals surface area contributed by atoms with Gasteiger partial charge in [-0.2, -0.15) is 13.2 Å². The van der Waals surface area contributed by atoms with E-state index in [4.69, 9.17) is 11.6 Å². The SMILES string of the molecule is CC(=O)N(CC(=O)NCCc1ccccc1)c1ccc(Cl)cc1C(F)(F)F. The maximum atomic E-state index is 13.3. The smallest absolute Gasteiger partial charge is 0.354 e. The van der Waals surface area contributed by atoms with Crippen LogP contribution < -0.4 is 10.2 Å². The molecule has 27 heavy (non-hydrogen) atoms. The molecule has 0 radical (unpaired) electrons. The number of amides is 2. The first kappa shape index (κ1) is 20.8. The highest BCUT2D eigenvalue weighted by Gasteiger charge is 2.36. The van der Waals surface area contributed by atoms with Gasteiger partial charge in [-0.1, -0.05) is 41.9 Å². The Balaban J connectivity index is 2.10. The lowest BCUT2D eigenvalue weighted by atomic mass is 10.1. The second-order valence-corrected chi connectivity index (χ2v) is 6.29. The molecule has 0 saturated heterocycles. The highest BCUT2D eigenvalue weighted by Crippen LogP contribution is 2.38. The summed E-state index contributed by atoms with van der Waals surface area (Å²) < 4.78 is 39.8. The maximum Gasteiger partial charge on any atom is 0.418 e. The van der Waals surface area contributed by atoms with Crippen molar-refractivity contribution in [2.45, 2.75) is 19.5 Å². The van der Waals surface area contributed by atoms with Crippen molar-refractivity contribution in [1.82, 2.24) is 5.32 Å². The van der Waals surface area contributed by atoms with E-state index < -0.39 is 35.8 Å². The van der Waals surface area contributed by atoms with Gasteiger partial charge in [-0.05, 0) is 30.2 Å². The van der Waals surface area contributed by atoms with Crippen molar-refractivity contribution in [3.05, 3.63) is 64.7 Å². The van der Waals surface area contributed by atoms with Gasteiger partial charge >= 0.3 is 6.18 Å². The molecule has 0 aliphatic rings. The molecule has 0 aliphatic carbocycles. The van der Waals surface area contributed by atoms with E-state index in [0.717, 1.165) is 29.5 Å². The number of alkyl halides is 3. The lowest BCUT2D eigenvalue weighted by molar-refractivity contribution is -0.137. The minimum atomic E-state index is -4.71. The number of hydrogen-bond donors (Lipinski definition) is 1. The Hall–Kier alpha value is -2.54. The van der Waals surface area contributed by atoms with E-state index in [1.807, 2.05) is 30.3 Å². The largest absolute Gasteiger partial charge is 0.418 e. The summed E-state index contributed by atoms with van der Waals surface area (Å²) in [6.07, 6.45) is -4.14. The molecular formula is C19H18ClF3N2O2. The number of nitrogens with one attached hydrogen (secondary N) is 1. The van der Waals surface area contributed by atoms with Gasteiger partial charge in [-0.25, -0.2) is 0 Å². The zero-order valence-electron chi connectivity index (χ0n) is 14.5. The number of carbonyl (C=O) groups is 2. The van der Waals surface area contributed by atoms with E-state index in [1.165, 1.54) is 6.07 Å². The number of benzene rings is 2. The molecule has 2 aromatic carbocycles. The normalized spacial score (nSPS) is 11.1. The Morgan fingerprint density at radius 3 is 2.37 bits per heavy atom. The van der Waals surface area contributed by atoms with Gasteiger partial charge in [0.05, 0.1) is 11.3 Å². The molecule has 2 aromatic rings. The van der Waals surface area contributed by atoms with Crippen molar-refractivity contribution < 1.29 is 22.8 Å². The molecule has 0 atom stereocenters. The van der Waals surface area contributed by atoms with E-state index in [1.54, 1.807) is 0 Å². The van der Waals surface area contributed by atoms with Gasteiger partial charge in [0.1, 0.15) is 6.54 Å². The summed E-state index contributed by atoms with van der Waals surface area (Å²) in [5.41, 5.74) is -0.460. The van der Waals surface area contributed by atoms with Gasteiger partial charge in [0.2, 0.25) is 11.8 Å². The average Bonchev–Trinajstić information content (AvgIpc) is 2.60. The zero-order valence-corrected chi connectivity index (χ0v) is 15.3. The molecule has 0 aliphatic heterocycles. The fourth-order valence-corrected chi connectivity index (χ4v) is 2.70. The molecule has 0 saturated carbocycles. The van der Waals surface area contributed by atoms with Crippen molar-refractivity contribution in [1.29, 1.82) is 0 Å². The molecule has 0 bridgehead atoms. The van der Waals surface area contributed by atoms with Crippen molar-refractivity contribution in [3.8, 4) is 0 Å². The molecule has 0 unspecified atom stereocenters. The zero-order chi connectivity index (χ0) is 20.0. The molecule has 8 heteroatoms. The predicted molar refractivity (Wildman–Crippen MR) is 97.6 cm³/mol. The van der Waals surface area contributed by atoms with Crippen LogP contribution in [0.2, 0.25) is 5.02 Å². The molecule has 2 rings (SSSR count). The van der Waals surface area contributed by atoms with Crippen LogP contribution in [0.25, 0.3) is 0 Å². The lowest BCUT2D eigenvalue weighted by Crippen LogP contribution is -2.41. The van der Waals surface area contributed by atoms with Gasteiger partial charge < -0.3 is 10.2 Å². The standard InChI is InChI=1S/C19H18ClF3N2O2/c1-13(26)25(17-8-7-15(20)11-16(17)19(21,22)23)12-18(27)24-10-9-14-5-3-2-4-6-14/h2-8,11H,9-10,12H2,1H3,(H,24,27). The molecule has 144 valence electrons. The lowest BCUT2D eigenvalue weighted by Gasteiger charge is -2.24. The van der Waals surface area contributed by atoms with E-state index >= 15 is 0 Å². The predicted octanol–water partition coefficient (Wildman–Crippen LogP) is 4.07. The van der Waals surface area contributed by atoms with Crippen LogP contribution in [0.5, 0.6) is 0 Å². The molecule has 0 fully saturated rings. The van der Waals surface area contributed by atoms with Crippen LogP contribution in [0, 0.1) is 0 Å². The minimum absolute atomic E-state index is 0.109. The molecule has 0 heterocycles. The van der Waals surface area contributed by atoms with Crippen LogP contribution in [0.3, 0.4) is 0 Å². The average molecular weight is 399 g/mol. The van der Waals surface area contributed by atoms with Crippen LogP contribution in [0.4, 0.5) is 18.9 Å². The Labute approximate surface area is 159 Å². The van der Waals surface area contributed by atoms with Crippen molar-refractivity contribution in [2.24, 2.45) is 0 Å². The number of hydrogen-bond acceptors (Lipinski definition) is 2. The Morgan fingerprint density at radius 1 is 1.11 bits per heavy atom. The van der Waals surface area contributed by atoms with Crippen LogP contribution in [-0.4, -0.2) is 24.9 Å². The highest BCUT2D eigenvalue weighted by atomic mass is 35.5. The third-order valence-electron chi connectivity index (χ3n) is 3.82. The fraction of sp³-hybridized carbons (Fsp3) is 0.263. The Kier molecular flexibility index (Phi) is 6.85. The first-order valence-electron chi connectivity index (χ1n) is 8.14. The summed E-state index contributed by atoms with van der Waals surface area (Å²) in [6, 6.07) is 12.5.